The number of nitrogens with two attached hydrogens (primary N) is 2. The van der Waals surface area contributed by atoms with Crippen LogP contribution in [0.4, 0.5) is 10.1 Å². The molecular weight excluding hydrogens is 513 g/mol. The van der Waals surface area contributed by atoms with Crippen molar-refractivity contribution >= 4 is 34.8 Å². The molecule has 0 unspecified atom stereocenters. The minimum absolute atomic E-state index is 0.0795. The molecule has 1 aliphatic heterocycles. The largest absolute Gasteiger partial charge is 0.510 e. The van der Waals surface area contributed by atoms with E-state index >= 15 is 4.39 Å². The number of nitrogens with zero attached hydrogens (tertiary/aromatic N) is 2. The molecule has 13 heteroatoms. The van der Waals surface area contributed by atoms with Crippen LogP contribution in [0, 0.1) is 23.1 Å². The fourth-order valence-electron chi connectivity index (χ4n) is 6.66. The van der Waals surface area contributed by atoms with E-state index in [1.54, 1.807) is 14.1 Å². The van der Waals surface area contributed by atoms with Crippen LogP contribution in [0.15, 0.2) is 23.0 Å². The molecule has 0 bridgehead atoms. The van der Waals surface area contributed by atoms with Gasteiger partial charge in [0.05, 0.1) is 29.0 Å². The number of rotatable bonds is 3. The third kappa shape index (κ3) is 3.53. The number of hydrogen-bond donors (Lipinski definition) is 7. The van der Waals surface area contributed by atoms with Crippen LogP contribution in [0.5, 0.6) is 5.75 Å². The number of carbonyl (C=O) groups excluding carboxylic acids is 3. The number of ketones is 1. The molecule has 2 amide bonds. The third-order valence-corrected chi connectivity index (χ3v) is 8.47. The Morgan fingerprint density at radius 2 is 1.92 bits per heavy atom. The highest BCUT2D eigenvalue weighted by Crippen LogP contribution is 2.53. The van der Waals surface area contributed by atoms with Crippen molar-refractivity contribution in [1.29, 1.82) is 5.41 Å². The normalized spacial score (nSPS) is 30.9. The second-order valence-electron chi connectivity index (χ2n) is 10.8. The number of likely N-dealkylation sites (N-methyl/N-ethyl adjacent to an activating group) is 1. The maximum atomic E-state index is 15.5. The molecule has 1 heterocycles. The lowest BCUT2D eigenvalue weighted by molar-refractivity contribution is -0.138. The lowest BCUT2D eigenvalue weighted by atomic mass is 9.57. The zero-order chi connectivity index (χ0) is 28.7. The molecule has 3 aliphatic carbocycles. The lowest BCUT2D eigenvalue weighted by Crippen LogP contribution is -2.67. The monoisotopic (exact) mass is 543 g/mol. The van der Waals surface area contributed by atoms with Crippen LogP contribution in [0.1, 0.15) is 30.4 Å². The van der Waals surface area contributed by atoms with Gasteiger partial charge in [-0.05, 0) is 45.7 Å². The maximum Gasteiger partial charge on any atom is 0.254 e. The number of nitrogens with one attached hydrogen (secondary N) is 1. The number of primary amides is 1. The van der Waals surface area contributed by atoms with E-state index in [0.717, 1.165) is 11.0 Å². The summed E-state index contributed by atoms with van der Waals surface area (Å²) in [5.41, 5.74) is 5.96. The number of fused-ring (bicyclic) bond motifs is 3. The third-order valence-electron chi connectivity index (χ3n) is 8.47. The van der Waals surface area contributed by atoms with E-state index in [0.29, 0.717) is 12.8 Å². The molecule has 1 saturated heterocycles. The van der Waals surface area contributed by atoms with Gasteiger partial charge in [-0.3, -0.25) is 19.3 Å². The predicted octanol–water partition coefficient (Wildman–Crippen LogP) is 0.00787. The molecule has 0 radical (unpaired) electrons. The van der Waals surface area contributed by atoms with Gasteiger partial charge < -0.3 is 42.2 Å². The summed E-state index contributed by atoms with van der Waals surface area (Å²) in [4.78, 5) is 41.3. The van der Waals surface area contributed by atoms with Crippen molar-refractivity contribution in [2.24, 2.45) is 23.3 Å². The van der Waals surface area contributed by atoms with E-state index in [1.165, 1.54) is 4.90 Å². The number of aliphatic hydroxyl groups is 3. The van der Waals surface area contributed by atoms with Gasteiger partial charge >= 0.3 is 0 Å². The fourth-order valence-corrected chi connectivity index (χ4v) is 6.66. The van der Waals surface area contributed by atoms with Crippen LogP contribution in [0.3, 0.4) is 0 Å². The first-order valence-corrected chi connectivity index (χ1v) is 12.5. The van der Waals surface area contributed by atoms with Gasteiger partial charge in [0, 0.05) is 29.7 Å². The number of carbonyl (C=O) groups is 3. The van der Waals surface area contributed by atoms with Crippen molar-refractivity contribution in [3.05, 3.63) is 39.9 Å². The van der Waals surface area contributed by atoms with Crippen molar-refractivity contribution in [2.75, 3.05) is 25.5 Å². The van der Waals surface area contributed by atoms with Crippen molar-refractivity contribution < 1.29 is 39.2 Å². The van der Waals surface area contributed by atoms with E-state index in [4.69, 9.17) is 16.9 Å². The highest BCUT2D eigenvalue weighted by Gasteiger charge is 2.63. The highest BCUT2D eigenvalue weighted by molar-refractivity contribution is 6.34. The summed E-state index contributed by atoms with van der Waals surface area (Å²) < 4.78 is 15.5. The Labute approximate surface area is 222 Å². The number of benzene rings is 1. The lowest BCUT2D eigenvalue weighted by Gasteiger charge is -2.51. The van der Waals surface area contributed by atoms with Gasteiger partial charge in [-0.15, -0.1) is 0 Å². The van der Waals surface area contributed by atoms with Gasteiger partial charge in [0.2, 0.25) is 11.7 Å². The molecule has 1 aromatic carbocycles. The van der Waals surface area contributed by atoms with Crippen LogP contribution in [-0.2, 0) is 20.8 Å². The Bertz CT molecular complexity index is 1420. The van der Waals surface area contributed by atoms with E-state index < -0.39 is 87.1 Å². The van der Waals surface area contributed by atoms with E-state index in [1.807, 2.05) is 0 Å². The number of Topliss-reactive ketones (excluding diaryl/α,β-unsaturated/α-hetero) is 1. The molecule has 5 rings (SSSR count). The van der Waals surface area contributed by atoms with Gasteiger partial charge in [-0.25, -0.2) is 4.39 Å². The van der Waals surface area contributed by atoms with Crippen LogP contribution < -0.4 is 16.4 Å². The Balaban J connectivity index is 1.69. The summed E-state index contributed by atoms with van der Waals surface area (Å²) in [7, 11) is 3.09. The number of amides is 2. The predicted molar refractivity (Wildman–Crippen MR) is 136 cm³/mol. The van der Waals surface area contributed by atoms with Crippen LogP contribution in [-0.4, -0.2) is 87.0 Å². The Morgan fingerprint density at radius 1 is 1.26 bits per heavy atom. The number of hydrogen-bond acceptors (Lipinski definition) is 10. The summed E-state index contributed by atoms with van der Waals surface area (Å²) in [6.07, 6.45) is 0.696. The molecule has 9 N–H and O–H groups in total. The minimum atomic E-state index is -2.65. The average Bonchev–Trinajstić information content (AvgIpc) is 2.85. The summed E-state index contributed by atoms with van der Waals surface area (Å²) in [6.45, 7) is 0.160. The van der Waals surface area contributed by atoms with Crippen molar-refractivity contribution in [3.63, 3.8) is 0 Å². The van der Waals surface area contributed by atoms with Crippen LogP contribution in [0.2, 0.25) is 0 Å². The number of anilines is 1. The number of phenolic OH excluding ortho intramolecular Hbond substituents is 1. The number of aliphatic hydroxyl groups excluding tert-OH is 2. The van der Waals surface area contributed by atoms with Gasteiger partial charge in [-0.1, -0.05) is 0 Å². The Hall–Kier alpha value is -3.81. The number of phenols is 1. The molecule has 39 heavy (non-hydrogen) atoms. The van der Waals surface area contributed by atoms with E-state index in [2.05, 4.69) is 0 Å². The molecule has 5 atom stereocenters. The number of piperidine rings is 1. The molecule has 2 fully saturated rings. The number of halogens is 1. The van der Waals surface area contributed by atoms with Gasteiger partial charge in [0.1, 0.15) is 22.9 Å². The second-order valence-corrected chi connectivity index (χ2v) is 10.8. The summed E-state index contributed by atoms with van der Waals surface area (Å²) >= 11 is 0. The van der Waals surface area contributed by atoms with Crippen molar-refractivity contribution in [1.82, 2.24) is 4.90 Å². The fraction of sp³-hybridized carbons (Fsp3) is 0.462. The average molecular weight is 544 g/mol. The molecule has 0 aromatic heterocycles. The standard InChI is InChI=1S/C26H30FN5O7/c1-31(2)18-11-7-9-6-10-12(27)8-14(32-5-3-4-13(28)25(32)38)19(33)16(10)20(34)15(9)23(36)26(11,39)22(29)17(21(18)35)24(30)37/h8-9,11,13,18,29,33-35,39H,3-7,28H2,1-2H3,(H2,30,37)/t9-,11-,13-,18-,26+/m0/s1. The first-order valence-electron chi connectivity index (χ1n) is 12.5. The van der Waals surface area contributed by atoms with Gasteiger partial charge in [-0.2, -0.15) is 0 Å². The Kier molecular flexibility index (Phi) is 6.09. The SMILES string of the molecule is CN(C)[C@@H]1C(O)=C(C(N)=O)C(=N)[C@@]2(O)C(=O)C3=C(O)c4c(O)c(N5CCC[C@H](N)C5=O)cc(F)c4C[C@H]3C[C@@H]12. The molecule has 1 saturated carbocycles. The minimum Gasteiger partial charge on any atom is -0.510 e. The van der Waals surface area contributed by atoms with E-state index in [-0.39, 0.29) is 36.2 Å². The van der Waals surface area contributed by atoms with Crippen molar-refractivity contribution in [3.8, 4) is 5.75 Å². The zero-order valence-electron chi connectivity index (χ0n) is 21.4. The first kappa shape index (κ1) is 26.8. The summed E-state index contributed by atoms with van der Waals surface area (Å²) in [5.74, 6) is -7.64. The number of aromatic hydroxyl groups is 1. The molecular formula is C26H30FN5O7. The quantitative estimate of drug-likeness (QED) is 0.273. The first-order chi connectivity index (χ1) is 18.2. The van der Waals surface area contributed by atoms with Gasteiger partial charge in [0.15, 0.2) is 11.4 Å². The molecule has 0 spiro atoms. The smallest absolute Gasteiger partial charge is 0.254 e. The highest BCUT2D eigenvalue weighted by atomic mass is 19.1. The Morgan fingerprint density at radius 3 is 2.54 bits per heavy atom. The van der Waals surface area contributed by atoms with Gasteiger partial charge in [0.25, 0.3) is 5.91 Å². The zero-order valence-corrected chi connectivity index (χ0v) is 21.4. The van der Waals surface area contributed by atoms with Crippen molar-refractivity contribution in [2.45, 2.75) is 43.4 Å². The van der Waals surface area contributed by atoms with Crippen LogP contribution >= 0.6 is 0 Å². The maximum absolute atomic E-state index is 15.5. The molecule has 1 aromatic rings. The summed E-state index contributed by atoms with van der Waals surface area (Å²) in [5, 5.41) is 53.6. The molecule has 12 nitrogen and oxygen atoms in total. The molecule has 208 valence electrons. The second kappa shape index (κ2) is 8.86. The topological polar surface area (TPSA) is 214 Å². The summed E-state index contributed by atoms with van der Waals surface area (Å²) in [6, 6.07) is -0.933. The van der Waals surface area contributed by atoms with Crippen LogP contribution in [0.25, 0.3) is 5.76 Å². The molecule has 4 aliphatic rings. The van der Waals surface area contributed by atoms with E-state index in [9.17, 15) is 34.8 Å².